The molecule has 2 N–H and O–H groups in total. The Hall–Kier alpha value is -3.62. The molecule has 0 saturated heterocycles. The number of carbonyl (C=O) groups is 1. The molecule has 0 aliphatic rings. The third kappa shape index (κ3) is 5.30. The Labute approximate surface area is 197 Å². The van der Waals surface area contributed by atoms with E-state index in [-0.39, 0.29) is 33.6 Å². The van der Waals surface area contributed by atoms with Crippen molar-refractivity contribution < 1.29 is 31.7 Å². The van der Waals surface area contributed by atoms with Gasteiger partial charge in [0, 0.05) is 46.8 Å². The molecule has 3 aromatic carbocycles. The largest absolute Gasteiger partial charge is 0.507 e. The highest BCUT2D eigenvalue weighted by Crippen LogP contribution is 2.41. The Kier molecular flexibility index (Phi) is 6.59. The van der Waals surface area contributed by atoms with Gasteiger partial charge in [-0.05, 0) is 30.3 Å². The van der Waals surface area contributed by atoms with Gasteiger partial charge in [-0.2, -0.15) is 0 Å². The molecule has 0 aromatic heterocycles. The van der Waals surface area contributed by atoms with Gasteiger partial charge < -0.3 is 10.4 Å². The maximum absolute atomic E-state index is 12.1. The molecule has 34 heavy (non-hydrogen) atoms. The Morgan fingerprint density at radius 1 is 1.06 bits per heavy atom. The predicted octanol–water partition coefficient (Wildman–Crippen LogP) is 4.16. The van der Waals surface area contributed by atoms with Crippen molar-refractivity contribution in [3.63, 3.8) is 0 Å². The van der Waals surface area contributed by atoms with Gasteiger partial charge in [0.05, 0.1) is 21.2 Å². The number of halogens is 1. The van der Waals surface area contributed by atoms with Crippen molar-refractivity contribution >= 4 is 69.0 Å². The molecule has 0 aliphatic carbocycles. The average Bonchev–Trinajstić information content (AvgIpc) is 2.71. The molecule has 0 aliphatic heterocycles. The maximum atomic E-state index is 12.1. The molecule has 0 radical (unpaired) electrons. The first kappa shape index (κ1) is 25.0. The molecular formula is C19H15ClN4O8S2. The molecule has 3 aromatic rings. The van der Waals surface area contributed by atoms with Crippen molar-refractivity contribution in [2.24, 2.45) is 10.2 Å². The summed E-state index contributed by atoms with van der Waals surface area (Å²) in [7, 11) is -2.73. The van der Waals surface area contributed by atoms with Crippen LogP contribution in [0.25, 0.3) is 10.8 Å². The van der Waals surface area contributed by atoms with Crippen molar-refractivity contribution in [3.8, 4) is 5.75 Å². The van der Waals surface area contributed by atoms with E-state index in [0.29, 0.717) is 0 Å². The smallest absolute Gasteiger partial charge is 0.270 e. The number of phenols is 1. The van der Waals surface area contributed by atoms with Crippen LogP contribution in [0.15, 0.2) is 62.5 Å². The SMILES string of the molecule is CC(=O)Nc1cc(S(=O)(=O)Cl)cc2c(/N=N/c3ccc([N+](=O)[O-])cc3S(C)(=O)=O)ccc(O)c12. The number of hydrogen-bond acceptors (Lipinski definition) is 10. The van der Waals surface area contributed by atoms with E-state index in [1.54, 1.807) is 0 Å². The van der Waals surface area contributed by atoms with E-state index in [1.807, 2.05) is 0 Å². The summed E-state index contributed by atoms with van der Waals surface area (Å²) in [5, 5.41) is 31.7. The summed E-state index contributed by atoms with van der Waals surface area (Å²) in [5.41, 5.74) is -0.755. The fourth-order valence-electron chi connectivity index (χ4n) is 3.04. The molecule has 0 bridgehead atoms. The van der Waals surface area contributed by atoms with E-state index in [2.05, 4.69) is 15.5 Å². The van der Waals surface area contributed by atoms with E-state index in [9.17, 15) is 36.9 Å². The van der Waals surface area contributed by atoms with Crippen LogP contribution in [0.4, 0.5) is 22.7 Å². The highest BCUT2D eigenvalue weighted by molar-refractivity contribution is 8.13. The fourth-order valence-corrected chi connectivity index (χ4v) is 4.65. The molecule has 3 rings (SSSR count). The second-order valence-corrected chi connectivity index (χ2v) is 11.5. The van der Waals surface area contributed by atoms with E-state index in [4.69, 9.17) is 10.7 Å². The van der Waals surface area contributed by atoms with Crippen molar-refractivity contribution in [1.82, 2.24) is 0 Å². The molecular weight excluding hydrogens is 512 g/mol. The summed E-state index contributed by atoms with van der Waals surface area (Å²) in [6.45, 7) is 1.18. The first-order valence-corrected chi connectivity index (χ1v) is 13.3. The van der Waals surface area contributed by atoms with Crippen molar-refractivity contribution in [1.29, 1.82) is 0 Å². The summed E-state index contributed by atoms with van der Waals surface area (Å²) in [5.74, 6) is -0.871. The topological polar surface area (TPSA) is 185 Å². The predicted molar refractivity (Wildman–Crippen MR) is 123 cm³/mol. The van der Waals surface area contributed by atoms with Crippen LogP contribution in [0.1, 0.15) is 6.92 Å². The second-order valence-electron chi connectivity index (χ2n) is 7.00. The lowest BCUT2D eigenvalue weighted by molar-refractivity contribution is -0.385. The molecule has 15 heteroatoms. The zero-order valence-corrected chi connectivity index (χ0v) is 19.8. The Balaban J connectivity index is 2.29. The van der Waals surface area contributed by atoms with Crippen molar-refractivity contribution in [2.75, 3.05) is 11.6 Å². The third-order valence-corrected chi connectivity index (χ3v) is 6.91. The first-order valence-electron chi connectivity index (χ1n) is 9.10. The lowest BCUT2D eigenvalue weighted by Gasteiger charge is -2.12. The summed E-state index contributed by atoms with van der Waals surface area (Å²) in [4.78, 5) is 21.0. The molecule has 1 amide bonds. The van der Waals surface area contributed by atoms with Crippen LogP contribution in [-0.4, -0.2) is 39.0 Å². The average molecular weight is 527 g/mol. The van der Waals surface area contributed by atoms with E-state index >= 15 is 0 Å². The zero-order valence-electron chi connectivity index (χ0n) is 17.4. The molecule has 0 saturated carbocycles. The van der Waals surface area contributed by atoms with Crippen LogP contribution in [0.2, 0.25) is 0 Å². The summed E-state index contributed by atoms with van der Waals surface area (Å²) in [6.07, 6.45) is 0.846. The zero-order chi connectivity index (χ0) is 25.4. The van der Waals surface area contributed by atoms with E-state index in [1.165, 1.54) is 19.1 Å². The number of azo groups is 1. The number of non-ortho nitro benzene ring substituents is 1. The minimum absolute atomic E-state index is 0.0145. The van der Waals surface area contributed by atoms with Crippen LogP contribution in [-0.2, 0) is 23.7 Å². The Morgan fingerprint density at radius 3 is 2.24 bits per heavy atom. The number of phenolic OH excluding ortho intramolecular Hbond substituents is 1. The third-order valence-electron chi connectivity index (χ3n) is 4.45. The molecule has 0 spiro atoms. The monoisotopic (exact) mass is 526 g/mol. The van der Waals surface area contributed by atoms with Crippen LogP contribution in [0.5, 0.6) is 5.75 Å². The van der Waals surface area contributed by atoms with Gasteiger partial charge in [0.1, 0.15) is 16.3 Å². The number of benzene rings is 3. The number of fused-ring (bicyclic) bond motifs is 1. The van der Waals surface area contributed by atoms with Crippen LogP contribution < -0.4 is 5.32 Å². The Bertz CT molecular complexity index is 1600. The van der Waals surface area contributed by atoms with Gasteiger partial charge in [0.2, 0.25) is 5.91 Å². The van der Waals surface area contributed by atoms with E-state index in [0.717, 1.165) is 36.6 Å². The van der Waals surface area contributed by atoms with Crippen LogP contribution in [0, 0.1) is 10.1 Å². The summed E-state index contributed by atoms with van der Waals surface area (Å²) >= 11 is 0. The maximum Gasteiger partial charge on any atom is 0.270 e. The molecule has 12 nitrogen and oxygen atoms in total. The quantitative estimate of drug-likeness (QED) is 0.207. The Morgan fingerprint density at radius 2 is 1.68 bits per heavy atom. The van der Waals surface area contributed by atoms with Gasteiger partial charge in [-0.15, -0.1) is 10.2 Å². The number of rotatable bonds is 6. The van der Waals surface area contributed by atoms with Gasteiger partial charge >= 0.3 is 0 Å². The normalized spacial score (nSPS) is 12.2. The first-order chi connectivity index (χ1) is 15.7. The standard InChI is InChI=1S/C19H15ClN4O8S2/c1-10(25)21-16-9-12(34(20,31)32)8-13-14(5-6-17(26)19(13)16)22-23-15-4-3-11(24(27)28)7-18(15)33(2,29)30/h3-9,26H,1-2H3,(H,21,25)/b23-22+. The lowest BCUT2D eigenvalue weighted by Crippen LogP contribution is -2.07. The second kappa shape index (κ2) is 8.96. The number of nitro benzene ring substituents is 1. The number of aromatic hydroxyl groups is 1. The lowest BCUT2D eigenvalue weighted by atomic mass is 10.1. The van der Waals surface area contributed by atoms with Gasteiger partial charge in [-0.3, -0.25) is 14.9 Å². The van der Waals surface area contributed by atoms with Crippen LogP contribution in [0.3, 0.4) is 0 Å². The minimum Gasteiger partial charge on any atom is -0.507 e. The van der Waals surface area contributed by atoms with Crippen LogP contribution >= 0.6 is 10.7 Å². The minimum atomic E-state index is -4.26. The number of sulfone groups is 1. The highest BCUT2D eigenvalue weighted by atomic mass is 35.7. The fraction of sp³-hybridized carbons (Fsp3) is 0.105. The van der Waals surface area contributed by atoms with Gasteiger partial charge in [-0.1, -0.05) is 0 Å². The van der Waals surface area contributed by atoms with Gasteiger partial charge in [-0.25, -0.2) is 16.8 Å². The van der Waals surface area contributed by atoms with E-state index < -0.39 is 45.2 Å². The molecule has 0 fully saturated rings. The van der Waals surface area contributed by atoms with Gasteiger partial charge in [0.15, 0.2) is 9.84 Å². The van der Waals surface area contributed by atoms with Crippen molar-refractivity contribution in [3.05, 3.63) is 52.6 Å². The van der Waals surface area contributed by atoms with Gasteiger partial charge in [0.25, 0.3) is 14.7 Å². The number of nitrogens with zero attached hydrogens (tertiary/aromatic N) is 3. The van der Waals surface area contributed by atoms with Crippen molar-refractivity contribution in [2.45, 2.75) is 16.7 Å². The molecule has 0 unspecified atom stereocenters. The number of hydrogen-bond donors (Lipinski definition) is 2. The number of carbonyl (C=O) groups excluding carboxylic acids is 1. The summed E-state index contributed by atoms with van der Waals surface area (Å²) in [6, 6.07) is 7.63. The molecule has 0 heterocycles. The molecule has 178 valence electrons. The number of amides is 1. The molecule has 0 atom stereocenters. The highest BCUT2D eigenvalue weighted by Gasteiger charge is 2.20. The number of nitro groups is 1. The number of nitrogens with one attached hydrogen (secondary N) is 1. The summed E-state index contributed by atoms with van der Waals surface area (Å²) < 4.78 is 48.1. The number of anilines is 1.